The Balaban J connectivity index is 1.56. The summed E-state index contributed by atoms with van der Waals surface area (Å²) in [4.78, 5) is 5.59. The predicted octanol–water partition coefficient (Wildman–Crippen LogP) is 4.95. The van der Waals surface area contributed by atoms with Gasteiger partial charge >= 0.3 is 0 Å². The van der Waals surface area contributed by atoms with E-state index in [9.17, 15) is 0 Å². The van der Waals surface area contributed by atoms with Crippen molar-refractivity contribution >= 4 is 34.3 Å². The molecule has 0 saturated carbocycles. The molecule has 0 atom stereocenters. The summed E-state index contributed by atoms with van der Waals surface area (Å²) in [7, 11) is 0. The van der Waals surface area contributed by atoms with Crippen molar-refractivity contribution in [2.24, 2.45) is 0 Å². The van der Waals surface area contributed by atoms with Crippen molar-refractivity contribution in [1.29, 1.82) is 0 Å². The topological polar surface area (TPSA) is 31.4 Å². The Hall–Kier alpha value is -1.91. The number of benzene rings is 2. The van der Waals surface area contributed by atoms with Gasteiger partial charge in [-0.2, -0.15) is 0 Å². The van der Waals surface area contributed by atoms with E-state index < -0.39 is 0 Å². The molecule has 0 aliphatic carbocycles. The Kier molecular flexibility index (Phi) is 4.02. The molecule has 4 rings (SSSR count). The molecule has 2 heterocycles. The molecule has 0 bridgehead atoms. The fraction of sp³-hybridized carbons (Fsp3) is 0.167. The molecule has 0 saturated heterocycles. The third-order valence-electron chi connectivity index (χ3n) is 3.66. The number of ether oxygens (including phenoxy) is 2. The summed E-state index contributed by atoms with van der Waals surface area (Å²) in [5, 5.41) is 1.67. The minimum atomic E-state index is 0.564. The molecule has 3 nitrogen and oxygen atoms in total. The van der Waals surface area contributed by atoms with Crippen molar-refractivity contribution < 1.29 is 9.47 Å². The SMILES string of the molecule is Clc1nc2ccccc2cc1CSc1ccc2c(c1)OCCO2. The van der Waals surface area contributed by atoms with E-state index in [1.54, 1.807) is 11.8 Å². The lowest BCUT2D eigenvalue weighted by molar-refractivity contribution is 0.171. The molecular formula is C18H14ClNO2S. The molecule has 23 heavy (non-hydrogen) atoms. The molecule has 0 spiro atoms. The van der Waals surface area contributed by atoms with Crippen LogP contribution in [0.3, 0.4) is 0 Å². The molecule has 5 heteroatoms. The second-order valence-corrected chi connectivity index (χ2v) is 6.63. The van der Waals surface area contributed by atoms with Gasteiger partial charge in [0.25, 0.3) is 0 Å². The number of aromatic nitrogens is 1. The first kappa shape index (κ1) is 14.7. The van der Waals surface area contributed by atoms with Crippen LogP contribution in [0.15, 0.2) is 53.4 Å². The standard InChI is InChI=1S/C18H14ClNO2S/c19-18-13(9-12-3-1-2-4-15(12)20-18)11-23-14-5-6-16-17(10-14)22-8-7-21-16/h1-6,9-10H,7-8,11H2. The molecule has 0 N–H and O–H groups in total. The Morgan fingerprint density at radius 2 is 1.83 bits per heavy atom. The highest BCUT2D eigenvalue weighted by Gasteiger charge is 2.12. The summed E-state index contributed by atoms with van der Waals surface area (Å²) in [6.07, 6.45) is 0. The Morgan fingerprint density at radius 1 is 1.00 bits per heavy atom. The first-order valence-electron chi connectivity index (χ1n) is 7.36. The summed E-state index contributed by atoms with van der Waals surface area (Å²) in [6.45, 7) is 1.21. The first-order valence-corrected chi connectivity index (χ1v) is 8.72. The van der Waals surface area contributed by atoms with Crippen molar-refractivity contribution in [3.63, 3.8) is 0 Å². The number of pyridine rings is 1. The van der Waals surface area contributed by atoms with E-state index in [1.807, 2.05) is 36.4 Å². The normalized spacial score (nSPS) is 13.3. The predicted molar refractivity (Wildman–Crippen MR) is 93.7 cm³/mol. The van der Waals surface area contributed by atoms with Crippen molar-refractivity contribution in [2.75, 3.05) is 13.2 Å². The summed E-state index contributed by atoms with van der Waals surface area (Å²) in [5.74, 6) is 2.38. The molecule has 0 amide bonds. The molecule has 116 valence electrons. The van der Waals surface area contributed by atoms with Gasteiger partial charge in [0.05, 0.1) is 5.52 Å². The molecule has 0 radical (unpaired) electrons. The summed E-state index contributed by atoms with van der Waals surface area (Å²) < 4.78 is 11.2. The highest BCUT2D eigenvalue weighted by atomic mass is 35.5. The number of hydrogen-bond acceptors (Lipinski definition) is 4. The highest BCUT2D eigenvalue weighted by molar-refractivity contribution is 7.98. The van der Waals surface area contributed by atoms with Crippen molar-refractivity contribution in [3.8, 4) is 11.5 Å². The van der Waals surface area contributed by atoms with Crippen LogP contribution in [0.2, 0.25) is 5.15 Å². The third-order valence-corrected chi connectivity index (χ3v) is 5.03. The molecular weight excluding hydrogens is 330 g/mol. The van der Waals surface area contributed by atoms with Crippen LogP contribution in [0, 0.1) is 0 Å². The van der Waals surface area contributed by atoms with Gasteiger partial charge in [-0.1, -0.05) is 29.8 Å². The first-order chi connectivity index (χ1) is 11.3. The van der Waals surface area contributed by atoms with E-state index in [1.165, 1.54) is 0 Å². The fourth-order valence-corrected chi connectivity index (χ4v) is 3.70. The minimum Gasteiger partial charge on any atom is -0.486 e. The molecule has 1 aromatic heterocycles. The van der Waals surface area contributed by atoms with Gasteiger partial charge in [0.2, 0.25) is 0 Å². The van der Waals surface area contributed by atoms with Crippen LogP contribution < -0.4 is 9.47 Å². The molecule has 0 unspecified atom stereocenters. The van der Waals surface area contributed by atoms with E-state index in [0.717, 1.165) is 38.6 Å². The van der Waals surface area contributed by atoms with Gasteiger partial charge in [0.1, 0.15) is 18.4 Å². The number of hydrogen-bond donors (Lipinski definition) is 0. The van der Waals surface area contributed by atoms with Gasteiger partial charge < -0.3 is 9.47 Å². The maximum atomic E-state index is 6.32. The summed E-state index contributed by atoms with van der Waals surface area (Å²) in [6, 6.07) is 16.1. The number of thioether (sulfide) groups is 1. The maximum absolute atomic E-state index is 6.32. The average Bonchev–Trinajstić information content (AvgIpc) is 2.59. The molecule has 1 aliphatic heterocycles. The van der Waals surface area contributed by atoms with Gasteiger partial charge in [-0.15, -0.1) is 11.8 Å². The minimum absolute atomic E-state index is 0.564. The van der Waals surface area contributed by atoms with Gasteiger partial charge in [-0.05, 0) is 30.3 Å². The molecule has 2 aromatic carbocycles. The molecule has 1 aliphatic rings. The zero-order chi connectivity index (χ0) is 15.6. The van der Waals surface area contributed by atoms with Crippen LogP contribution in [0.4, 0.5) is 0 Å². The number of halogens is 1. The number of nitrogens with zero attached hydrogens (tertiary/aromatic N) is 1. The quantitative estimate of drug-likeness (QED) is 0.497. The Morgan fingerprint density at radius 3 is 2.74 bits per heavy atom. The van der Waals surface area contributed by atoms with E-state index in [4.69, 9.17) is 21.1 Å². The lowest BCUT2D eigenvalue weighted by Crippen LogP contribution is -2.15. The van der Waals surface area contributed by atoms with E-state index in [-0.39, 0.29) is 0 Å². The lowest BCUT2D eigenvalue weighted by Gasteiger charge is -2.18. The van der Waals surface area contributed by atoms with E-state index >= 15 is 0 Å². The van der Waals surface area contributed by atoms with Crippen LogP contribution in [0.25, 0.3) is 10.9 Å². The van der Waals surface area contributed by atoms with E-state index in [2.05, 4.69) is 17.1 Å². The third kappa shape index (κ3) is 3.09. The van der Waals surface area contributed by atoms with E-state index in [0.29, 0.717) is 18.4 Å². The summed E-state index contributed by atoms with van der Waals surface area (Å²) in [5.41, 5.74) is 1.95. The zero-order valence-electron chi connectivity index (χ0n) is 12.3. The molecule has 0 fully saturated rings. The van der Waals surface area contributed by atoms with Crippen molar-refractivity contribution in [3.05, 3.63) is 59.2 Å². The van der Waals surface area contributed by atoms with Gasteiger partial charge in [-0.3, -0.25) is 0 Å². The summed E-state index contributed by atoms with van der Waals surface area (Å²) >= 11 is 8.02. The van der Waals surface area contributed by atoms with Crippen LogP contribution in [-0.2, 0) is 5.75 Å². The Bertz CT molecular complexity index is 869. The maximum Gasteiger partial charge on any atom is 0.162 e. The van der Waals surface area contributed by atoms with Gasteiger partial charge in [-0.25, -0.2) is 4.98 Å². The van der Waals surface area contributed by atoms with Crippen LogP contribution in [0.1, 0.15) is 5.56 Å². The Labute approximate surface area is 143 Å². The smallest absolute Gasteiger partial charge is 0.162 e. The number of rotatable bonds is 3. The largest absolute Gasteiger partial charge is 0.486 e. The van der Waals surface area contributed by atoms with Crippen LogP contribution in [-0.4, -0.2) is 18.2 Å². The van der Waals surface area contributed by atoms with Gasteiger partial charge in [0, 0.05) is 21.6 Å². The second kappa shape index (κ2) is 6.30. The van der Waals surface area contributed by atoms with Crippen LogP contribution in [0.5, 0.6) is 11.5 Å². The fourth-order valence-electron chi connectivity index (χ4n) is 2.51. The highest BCUT2D eigenvalue weighted by Crippen LogP contribution is 2.36. The molecule has 3 aromatic rings. The number of para-hydroxylation sites is 1. The number of fused-ring (bicyclic) bond motifs is 2. The zero-order valence-corrected chi connectivity index (χ0v) is 13.9. The average molecular weight is 344 g/mol. The van der Waals surface area contributed by atoms with Crippen LogP contribution >= 0.6 is 23.4 Å². The van der Waals surface area contributed by atoms with Gasteiger partial charge in [0.15, 0.2) is 11.5 Å². The van der Waals surface area contributed by atoms with Crippen molar-refractivity contribution in [1.82, 2.24) is 4.98 Å². The lowest BCUT2D eigenvalue weighted by atomic mass is 10.2. The monoisotopic (exact) mass is 343 g/mol. The van der Waals surface area contributed by atoms with Crippen molar-refractivity contribution in [2.45, 2.75) is 10.6 Å². The second-order valence-electron chi connectivity index (χ2n) is 5.23.